The summed E-state index contributed by atoms with van der Waals surface area (Å²) < 4.78 is 1.53. The highest BCUT2D eigenvalue weighted by Crippen LogP contribution is 2.16. The first-order chi connectivity index (χ1) is 8.61. The average Bonchev–Trinajstić information content (AvgIpc) is 2.91. The number of nitrogens with one attached hydrogen (secondary N) is 2. The van der Waals surface area contributed by atoms with Crippen molar-refractivity contribution < 1.29 is 4.79 Å². The Morgan fingerprint density at radius 2 is 2.33 bits per heavy atom. The molecule has 2 rings (SSSR count). The fraction of sp³-hybridized carbons (Fsp3) is 0.400. The zero-order valence-electron chi connectivity index (χ0n) is 10.3. The number of aromatic amines is 1. The summed E-state index contributed by atoms with van der Waals surface area (Å²) in [6.07, 6.45) is 1.56. The summed E-state index contributed by atoms with van der Waals surface area (Å²) in [6.45, 7) is 4.62. The van der Waals surface area contributed by atoms with E-state index in [4.69, 9.17) is 5.73 Å². The molecule has 18 heavy (non-hydrogen) atoms. The minimum absolute atomic E-state index is 0.253. The lowest BCUT2D eigenvalue weighted by atomic mass is 10.3. The standard InChI is InChI=1S/C10H15N7O/c1-6-9(7(2)14-13-6)12-10(18)8-5-17(4-3-11)16-15-8/h5H,3-4,11H2,1-2H3,(H,12,18)(H,13,14). The minimum Gasteiger partial charge on any atom is -0.329 e. The number of hydrogen-bond acceptors (Lipinski definition) is 5. The molecule has 0 aliphatic heterocycles. The number of carbonyl (C=O) groups excluding carboxylic acids is 1. The van der Waals surface area contributed by atoms with Gasteiger partial charge in [-0.1, -0.05) is 5.21 Å². The highest BCUT2D eigenvalue weighted by atomic mass is 16.2. The van der Waals surface area contributed by atoms with Crippen LogP contribution in [0.1, 0.15) is 21.9 Å². The van der Waals surface area contributed by atoms with Crippen molar-refractivity contribution in [2.24, 2.45) is 5.73 Å². The second-order valence-corrected chi connectivity index (χ2v) is 3.92. The second-order valence-electron chi connectivity index (χ2n) is 3.92. The van der Waals surface area contributed by atoms with Gasteiger partial charge in [-0.25, -0.2) is 0 Å². The molecule has 2 heterocycles. The van der Waals surface area contributed by atoms with Crippen molar-refractivity contribution in [2.75, 3.05) is 11.9 Å². The van der Waals surface area contributed by atoms with Crippen molar-refractivity contribution in [3.8, 4) is 0 Å². The Morgan fingerprint density at radius 1 is 1.56 bits per heavy atom. The zero-order chi connectivity index (χ0) is 13.1. The molecule has 2 aromatic rings. The number of rotatable bonds is 4. The Hall–Kier alpha value is -2.22. The van der Waals surface area contributed by atoms with Gasteiger partial charge in [-0.15, -0.1) is 5.10 Å². The number of anilines is 1. The molecule has 0 saturated carbocycles. The largest absolute Gasteiger partial charge is 0.329 e. The number of amides is 1. The third-order valence-corrected chi connectivity index (χ3v) is 2.50. The quantitative estimate of drug-likeness (QED) is 0.696. The van der Waals surface area contributed by atoms with Crippen molar-refractivity contribution in [2.45, 2.75) is 20.4 Å². The van der Waals surface area contributed by atoms with Crippen molar-refractivity contribution in [1.82, 2.24) is 25.2 Å². The van der Waals surface area contributed by atoms with E-state index in [1.54, 1.807) is 6.20 Å². The zero-order valence-corrected chi connectivity index (χ0v) is 10.3. The number of H-pyrrole nitrogens is 1. The number of hydrogen-bond donors (Lipinski definition) is 3. The van der Waals surface area contributed by atoms with E-state index in [1.165, 1.54) is 4.68 Å². The summed E-state index contributed by atoms with van der Waals surface area (Å²) in [5.41, 5.74) is 7.85. The summed E-state index contributed by atoms with van der Waals surface area (Å²) >= 11 is 0. The molecule has 8 nitrogen and oxygen atoms in total. The van der Waals surface area contributed by atoms with Gasteiger partial charge in [0.2, 0.25) is 0 Å². The third-order valence-electron chi connectivity index (χ3n) is 2.50. The molecule has 1 amide bonds. The summed E-state index contributed by atoms with van der Waals surface area (Å²) in [7, 11) is 0. The lowest BCUT2D eigenvalue weighted by molar-refractivity contribution is 0.102. The van der Waals surface area contributed by atoms with Gasteiger partial charge in [0.05, 0.1) is 29.8 Å². The highest BCUT2D eigenvalue weighted by molar-refractivity contribution is 6.03. The first-order valence-electron chi connectivity index (χ1n) is 5.55. The monoisotopic (exact) mass is 249 g/mol. The minimum atomic E-state index is -0.314. The first kappa shape index (κ1) is 12.2. The Bertz CT molecular complexity index is 537. The molecular formula is C10H15N7O. The molecule has 0 fully saturated rings. The van der Waals surface area contributed by atoms with E-state index in [-0.39, 0.29) is 11.6 Å². The summed E-state index contributed by atoms with van der Waals surface area (Å²) in [5.74, 6) is -0.314. The molecule has 0 unspecified atom stereocenters. The van der Waals surface area contributed by atoms with Crippen LogP contribution in [0.3, 0.4) is 0 Å². The fourth-order valence-electron chi connectivity index (χ4n) is 1.56. The van der Waals surface area contributed by atoms with Gasteiger partial charge in [0.15, 0.2) is 5.69 Å². The molecule has 0 aliphatic carbocycles. The van der Waals surface area contributed by atoms with E-state index in [9.17, 15) is 4.79 Å². The number of aromatic nitrogens is 5. The Kier molecular flexibility index (Phi) is 3.38. The molecule has 2 aromatic heterocycles. The van der Waals surface area contributed by atoms with Gasteiger partial charge in [-0.05, 0) is 13.8 Å². The number of nitrogens with two attached hydrogens (primary N) is 1. The van der Waals surface area contributed by atoms with Crippen LogP contribution >= 0.6 is 0 Å². The van der Waals surface area contributed by atoms with Gasteiger partial charge in [-0.3, -0.25) is 14.6 Å². The molecule has 0 radical (unpaired) electrons. The van der Waals surface area contributed by atoms with Crippen LogP contribution in [0.5, 0.6) is 0 Å². The van der Waals surface area contributed by atoms with Crippen LogP contribution < -0.4 is 11.1 Å². The van der Waals surface area contributed by atoms with Crippen molar-refractivity contribution in [1.29, 1.82) is 0 Å². The van der Waals surface area contributed by atoms with Crippen LogP contribution in [0.25, 0.3) is 0 Å². The molecule has 8 heteroatoms. The van der Waals surface area contributed by atoms with Gasteiger partial charge >= 0.3 is 0 Å². The van der Waals surface area contributed by atoms with E-state index in [0.717, 1.165) is 11.4 Å². The predicted molar refractivity (Wildman–Crippen MR) is 65.1 cm³/mol. The number of carbonyl (C=O) groups is 1. The van der Waals surface area contributed by atoms with Gasteiger partial charge < -0.3 is 11.1 Å². The van der Waals surface area contributed by atoms with Gasteiger partial charge in [0, 0.05) is 6.54 Å². The van der Waals surface area contributed by atoms with E-state index in [1.807, 2.05) is 13.8 Å². The summed E-state index contributed by atoms with van der Waals surface area (Å²) in [5, 5.41) is 17.1. The van der Waals surface area contributed by atoms with Crippen LogP contribution in [0.2, 0.25) is 0 Å². The molecule has 0 aromatic carbocycles. The summed E-state index contributed by atoms with van der Waals surface area (Å²) in [6, 6.07) is 0. The van der Waals surface area contributed by atoms with Crippen LogP contribution in [-0.2, 0) is 6.54 Å². The number of aryl methyl sites for hydroxylation is 2. The Labute approximate surface area is 104 Å². The van der Waals surface area contributed by atoms with Crippen molar-refractivity contribution in [3.05, 3.63) is 23.3 Å². The SMILES string of the molecule is Cc1n[nH]c(C)c1NC(=O)c1cn(CCN)nn1. The normalized spacial score (nSPS) is 10.6. The second kappa shape index (κ2) is 4.96. The first-order valence-corrected chi connectivity index (χ1v) is 5.55. The lowest BCUT2D eigenvalue weighted by Gasteiger charge is -2.01. The molecule has 0 atom stereocenters. The maximum Gasteiger partial charge on any atom is 0.277 e. The molecule has 0 bridgehead atoms. The predicted octanol–water partition coefficient (Wildman–Crippen LogP) is -0.171. The van der Waals surface area contributed by atoms with Crippen LogP contribution in [0.15, 0.2) is 6.20 Å². The van der Waals surface area contributed by atoms with Crippen LogP contribution in [-0.4, -0.2) is 37.6 Å². The van der Waals surface area contributed by atoms with Gasteiger partial charge in [0.1, 0.15) is 0 Å². The number of nitrogens with zero attached hydrogens (tertiary/aromatic N) is 4. The molecule has 4 N–H and O–H groups in total. The summed E-state index contributed by atoms with van der Waals surface area (Å²) in [4.78, 5) is 11.9. The smallest absolute Gasteiger partial charge is 0.277 e. The maximum absolute atomic E-state index is 11.9. The van der Waals surface area contributed by atoms with Gasteiger partial charge in [-0.2, -0.15) is 5.10 Å². The highest BCUT2D eigenvalue weighted by Gasteiger charge is 2.14. The lowest BCUT2D eigenvalue weighted by Crippen LogP contribution is -2.13. The third kappa shape index (κ3) is 2.38. The topological polar surface area (TPSA) is 115 Å². The maximum atomic E-state index is 11.9. The van der Waals surface area contributed by atoms with Crippen LogP contribution in [0.4, 0.5) is 5.69 Å². The Balaban J connectivity index is 2.12. The van der Waals surface area contributed by atoms with Crippen LogP contribution in [0, 0.1) is 13.8 Å². The molecule has 0 saturated heterocycles. The van der Waals surface area contributed by atoms with E-state index in [0.29, 0.717) is 18.8 Å². The van der Waals surface area contributed by atoms with E-state index in [2.05, 4.69) is 25.8 Å². The average molecular weight is 249 g/mol. The Morgan fingerprint density at radius 3 is 2.94 bits per heavy atom. The van der Waals surface area contributed by atoms with Crippen molar-refractivity contribution >= 4 is 11.6 Å². The molecule has 96 valence electrons. The molecule has 0 aliphatic rings. The fourth-order valence-corrected chi connectivity index (χ4v) is 1.56. The molecular weight excluding hydrogens is 234 g/mol. The molecule has 0 spiro atoms. The van der Waals surface area contributed by atoms with Gasteiger partial charge in [0.25, 0.3) is 5.91 Å². The van der Waals surface area contributed by atoms with Crippen molar-refractivity contribution in [3.63, 3.8) is 0 Å². The van der Waals surface area contributed by atoms with E-state index >= 15 is 0 Å². The van der Waals surface area contributed by atoms with E-state index < -0.39 is 0 Å².